The van der Waals surface area contributed by atoms with E-state index in [1.807, 2.05) is 36.5 Å². The lowest BCUT2D eigenvalue weighted by molar-refractivity contribution is 0.668. The van der Waals surface area contributed by atoms with Gasteiger partial charge in [-0.25, -0.2) is 9.97 Å². The second kappa shape index (κ2) is 5.69. The minimum atomic E-state index is 0.652. The van der Waals surface area contributed by atoms with Crippen LogP contribution in [0.1, 0.15) is 29.8 Å². The molecule has 0 amide bonds. The topological polar surface area (TPSA) is 55.6 Å². The molecule has 0 unspecified atom stereocenters. The molecule has 0 radical (unpaired) electrons. The van der Waals surface area contributed by atoms with Crippen molar-refractivity contribution in [3.05, 3.63) is 53.5 Å². The molecule has 25 heavy (non-hydrogen) atoms. The Hall–Kier alpha value is -2.69. The third-order valence-electron chi connectivity index (χ3n) is 5.18. The fourth-order valence-electron chi connectivity index (χ4n) is 3.67. The Bertz CT molecular complexity index is 925. The first kappa shape index (κ1) is 14.6. The van der Waals surface area contributed by atoms with Crippen molar-refractivity contribution in [2.24, 2.45) is 13.0 Å². The monoisotopic (exact) mass is 331 g/mol. The van der Waals surface area contributed by atoms with Crippen LogP contribution in [0.5, 0.6) is 0 Å². The highest BCUT2D eigenvalue weighted by atomic mass is 15.3. The highest BCUT2D eigenvalue weighted by Crippen LogP contribution is 2.39. The average Bonchev–Trinajstić information content (AvgIpc) is 3.39. The van der Waals surface area contributed by atoms with Gasteiger partial charge in [-0.15, -0.1) is 0 Å². The number of aryl methyl sites for hydroxylation is 3. The number of nitrogens with zero attached hydrogens (tertiary/aromatic N) is 4. The molecule has 126 valence electrons. The van der Waals surface area contributed by atoms with Gasteiger partial charge in [0.15, 0.2) is 0 Å². The normalized spacial score (nSPS) is 15.6. The highest BCUT2D eigenvalue weighted by Gasteiger charge is 2.30. The van der Waals surface area contributed by atoms with Crippen LogP contribution >= 0.6 is 0 Å². The molecule has 0 atom stereocenters. The van der Waals surface area contributed by atoms with Crippen molar-refractivity contribution in [1.29, 1.82) is 0 Å². The van der Waals surface area contributed by atoms with E-state index in [4.69, 9.17) is 10.1 Å². The summed E-state index contributed by atoms with van der Waals surface area (Å²) in [5.41, 5.74) is 7.09. The Morgan fingerprint density at radius 1 is 1.16 bits per heavy atom. The highest BCUT2D eigenvalue weighted by molar-refractivity contribution is 5.72. The minimum Gasteiger partial charge on any atom is -0.324 e. The van der Waals surface area contributed by atoms with Gasteiger partial charge in [0.1, 0.15) is 0 Å². The number of aromatic nitrogens is 4. The van der Waals surface area contributed by atoms with Crippen LogP contribution in [-0.2, 0) is 26.3 Å². The molecule has 1 aromatic carbocycles. The molecule has 5 nitrogen and oxygen atoms in total. The number of hydrogen-bond acceptors (Lipinski definition) is 4. The molecule has 0 bridgehead atoms. The summed E-state index contributed by atoms with van der Waals surface area (Å²) in [6.07, 6.45) is 7.73. The number of rotatable bonds is 4. The van der Waals surface area contributed by atoms with E-state index in [-0.39, 0.29) is 0 Å². The van der Waals surface area contributed by atoms with E-state index < -0.39 is 0 Å². The summed E-state index contributed by atoms with van der Waals surface area (Å²) in [6, 6.07) is 10.1. The van der Waals surface area contributed by atoms with Crippen LogP contribution in [0.4, 0.5) is 11.6 Å². The van der Waals surface area contributed by atoms with Crippen LogP contribution in [-0.4, -0.2) is 19.7 Å². The van der Waals surface area contributed by atoms with Crippen LogP contribution in [0.2, 0.25) is 0 Å². The molecule has 1 saturated carbocycles. The van der Waals surface area contributed by atoms with Crippen LogP contribution in [0.25, 0.3) is 11.3 Å². The molecular weight excluding hydrogens is 310 g/mol. The van der Waals surface area contributed by atoms with E-state index in [1.165, 1.54) is 35.4 Å². The fourth-order valence-corrected chi connectivity index (χ4v) is 3.67. The van der Waals surface area contributed by atoms with E-state index in [0.29, 0.717) is 5.95 Å². The first-order valence-electron chi connectivity index (χ1n) is 9.01. The Labute approximate surface area is 147 Å². The van der Waals surface area contributed by atoms with Crippen molar-refractivity contribution in [3.63, 3.8) is 0 Å². The average molecular weight is 331 g/mol. The van der Waals surface area contributed by atoms with Crippen LogP contribution in [0, 0.1) is 5.92 Å². The summed E-state index contributed by atoms with van der Waals surface area (Å²) in [7, 11) is 2.07. The molecule has 1 fully saturated rings. The number of benzene rings is 1. The lowest BCUT2D eigenvalue weighted by Crippen LogP contribution is -2.09. The van der Waals surface area contributed by atoms with E-state index in [9.17, 15) is 0 Å². The molecule has 2 aliphatic carbocycles. The van der Waals surface area contributed by atoms with Crippen LogP contribution in [0.3, 0.4) is 0 Å². The van der Waals surface area contributed by atoms with Gasteiger partial charge in [-0.2, -0.15) is 5.10 Å². The lowest BCUT2D eigenvalue weighted by atomic mass is 9.92. The first-order valence-corrected chi connectivity index (χ1v) is 9.01. The van der Waals surface area contributed by atoms with Crippen molar-refractivity contribution in [2.45, 2.75) is 32.1 Å². The molecule has 2 aliphatic rings. The van der Waals surface area contributed by atoms with E-state index in [1.54, 1.807) is 0 Å². The summed E-state index contributed by atoms with van der Waals surface area (Å²) in [5.74, 6) is 1.48. The van der Waals surface area contributed by atoms with Gasteiger partial charge in [0.05, 0.1) is 11.4 Å². The Balaban J connectivity index is 1.56. The predicted molar refractivity (Wildman–Crippen MR) is 97.8 cm³/mol. The first-order chi connectivity index (χ1) is 12.3. The zero-order valence-corrected chi connectivity index (χ0v) is 14.4. The van der Waals surface area contributed by atoms with Crippen molar-refractivity contribution in [3.8, 4) is 11.3 Å². The van der Waals surface area contributed by atoms with E-state index in [0.717, 1.165) is 36.6 Å². The molecule has 2 heterocycles. The molecule has 3 aromatic rings. The van der Waals surface area contributed by atoms with Gasteiger partial charge in [-0.3, -0.25) is 4.68 Å². The number of nitrogens with one attached hydrogen (secondary N) is 1. The summed E-state index contributed by atoms with van der Waals surface area (Å²) >= 11 is 0. The molecule has 0 spiro atoms. The largest absolute Gasteiger partial charge is 0.324 e. The summed E-state index contributed by atoms with van der Waals surface area (Å²) in [6.45, 7) is 0. The molecule has 2 aromatic heterocycles. The Kier molecular flexibility index (Phi) is 3.33. The molecule has 5 rings (SSSR count). The van der Waals surface area contributed by atoms with Gasteiger partial charge >= 0.3 is 0 Å². The smallest absolute Gasteiger partial charge is 0.227 e. The fraction of sp³-hybridized carbons (Fsp3) is 0.350. The maximum Gasteiger partial charge on any atom is 0.227 e. The van der Waals surface area contributed by atoms with Crippen molar-refractivity contribution >= 4 is 11.6 Å². The molecule has 0 aliphatic heterocycles. The molecule has 5 heteroatoms. The maximum atomic E-state index is 4.88. The number of anilines is 2. The molecule has 1 N–H and O–H groups in total. The van der Waals surface area contributed by atoms with Gasteiger partial charge in [-0.1, -0.05) is 18.2 Å². The van der Waals surface area contributed by atoms with Gasteiger partial charge in [0.2, 0.25) is 5.95 Å². The number of fused-ring (bicyclic) bond motifs is 3. The molecule has 0 saturated heterocycles. The number of para-hydroxylation sites is 1. The number of hydrogen-bond donors (Lipinski definition) is 1. The zero-order chi connectivity index (χ0) is 16.8. The Morgan fingerprint density at radius 2 is 2.00 bits per heavy atom. The quantitative estimate of drug-likeness (QED) is 0.792. The van der Waals surface area contributed by atoms with Gasteiger partial charge in [-0.05, 0) is 55.7 Å². The summed E-state index contributed by atoms with van der Waals surface area (Å²) in [4.78, 5) is 9.40. The predicted octanol–water partition coefficient (Wildman–Crippen LogP) is 3.67. The van der Waals surface area contributed by atoms with Crippen LogP contribution in [0.15, 0.2) is 36.5 Å². The zero-order valence-electron chi connectivity index (χ0n) is 14.4. The standard InChI is InChI=1S/C20H21N5/c1-25-17(11-13-7-8-13)18-16(24-25)10-9-14-12-21-20(23-19(14)18)22-15-5-3-2-4-6-15/h2-6,12-13H,7-11H2,1H3,(H,21,22,23). The van der Waals surface area contributed by atoms with Gasteiger partial charge in [0.25, 0.3) is 0 Å². The molecular formula is C20H21N5. The van der Waals surface area contributed by atoms with Gasteiger partial charge < -0.3 is 5.32 Å². The lowest BCUT2D eigenvalue weighted by Gasteiger charge is -2.17. The van der Waals surface area contributed by atoms with E-state index >= 15 is 0 Å². The van der Waals surface area contributed by atoms with Crippen molar-refractivity contribution < 1.29 is 0 Å². The second-order valence-corrected chi connectivity index (χ2v) is 7.10. The maximum absolute atomic E-state index is 4.88. The van der Waals surface area contributed by atoms with Crippen molar-refractivity contribution in [1.82, 2.24) is 19.7 Å². The minimum absolute atomic E-state index is 0.652. The third-order valence-corrected chi connectivity index (χ3v) is 5.18. The summed E-state index contributed by atoms with van der Waals surface area (Å²) in [5, 5.41) is 8.10. The van der Waals surface area contributed by atoms with Crippen molar-refractivity contribution in [2.75, 3.05) is 5.32 Å². The second-order valence-electron chi connectivity index (χ2n) is 7.10. The summed E-state index contributed by atoms with van der Waals surface area (Å²) < 4.78 is 2.07. The third kappa shape index (κ3) is 2.69. The SMILES string of the molecule is Cn1nc2c(c1CC1CC1)-c1nc(Nc3ccccc3)ncc1CC2. The van der Waals surface area contributed by atoms with Crippen LogP contribution < -0.4 is 5.32 Å². The van der Waals surface area contributed by atoms with Gasteiger partial charge in [0, 0.05) is 30.2 Å². The Morgan fingerprint density at radius 3 is 2.80 bits per heavy atom. The van der Waals surface area contributed by atoms with E-state index in [2.05, 4.69) is 22.0 Å².